The maximum absolute atomic E-state index is 12.3. The molecular formula is C23H27N3O4S. The van der Waals surface area contributed by atoms with E-state index in [4.69, 9.17) is 9.15 Å². The second kappa shape index (κ2) is 9.87. The van der Waals surface area contributed by atoms with Gasteiger partial charge in [0.2, 0.25) is 5.91 Å². The first kappa shape index (κ1) is 22.7. The normalized spacial score (nSPS) is 11.2. The van der Waals surface area contributed by atoms with Crippen LogP contribution >= 0.6 is 11.3 Å². The number of nitrogens with one attached hydrogen (secondary N) is 1. The van der Waals surface area contributed by atoms with E-state index in [1.807, 2.05) is 12.1 Å². The summed E-state index contributed by atoms with van der Waals surface area (Å²) in [5.74, 6) is 0.985. The third-order valence-corrected chi connectivity index (χ3v) is 5.61. The van der Waals surface area contributed by atoms with E-state index in [1.54, 1.807) is 27.0 Å². The van der Waals surface area contributed by atoms with Crippen molar-refractivity contribution in [1.29, 1.82) is 0 Å². The van der Waals surface area contributed by atoms with Crippen LogP contribution in [0.1, 0.15) is 66.9 Å². The number of ether oxygens (including phenoxy) is 1. The van der Waals surface area contributed by atoms with E-state index >= 15 is 0 Å². The largest absolute Gasteiger partial charge is 0.459 e. The molecule has 0 radical (unpaired) electrons. The molecule has 0 saturated heterocycles. The van der Waals surface area contributed by atoms with Crippen molar-refractivity contribution in [2.75, 3.05) is 5.32 Å². The van der Waals surface area contributed by atoms with Crippen molar-refractivity contribution in [2.24, 2.45) is 0 Å². The predicted molar refractivity (Wildman–Crippen MR) is 120 cm³/mol. The lowest BCUT2D eigenvalue weighted by Crippen LogP contribution is -2.12. The molecule has 0 fully saturated rings. The van der Waals surface area contributed by atoms with Crippen LogP contribution < -0.4 is 5.32 Å². The number of rotatable bonds is 8. The molecule has 8 heteroatoms. The van der Waals surface area contributed by atoms with Crippen LogP contribution in [-0.4, -0.2) is 27.9 Å². The molecular weight excluding hydrogens is 414 g/mol. The summed E-state index contributed by atoms with van der Waals surface area (Å²) in [6, 6.07) is 8.19. The van der Waals surface area contributed by atoms with E-state index in [0.29, 0.717) is 39.7 Å². The monoisotopic (exact) mass is 441 g/mol. The van der Waals surface area contributed by atoms with Gasteiger partial charge in [-0.25, -0.2) is 14.8 Å². The smallest absolute Gasteiger partial charge is 0.350 e. The molecule has 7 nitrogen and oxygen atoms in total. The van der Waals surface area contributed by atoms with Crippen molar-refractivity contribution >= 4 is 28.3 Å². The number of benzene rings is 1. The van der Waals surface area contributed by atoms with Crippen molar-refractivity contribution in [2.45, 2.75) is 59.5 Å². The minimum Gasteiger partial charge on any atom is -0.459 e. The number of nitrogens with zero attached hydrogens (tertiary/aromatic N) is 2. The summed E-state index contributed by atoms with van der Waals surface area (Å²) in [6.45, 7) is 9.58. The topological polar surface area (TPSA) is 94.3 Å². The van der Waals surface area contributed by atoms with E-state index in [-0.39, 0.29) is 18.4 Å². The number of thiazole rings is 1. The van der Waals surface area contributed by atoms with E-state index in [1.165, 1.54) is 5.56 Å². The van der Waals surface area contributed by atoms with Gasteiger partial charge in [-0.05, 0) is 32.3 Å². The lowest BCUT2D eigenvalue weighted by atomic mass is 10.0. The lowest BCUT2D eigenvalue weighted by Gasteiger charge is -2.05. The first-order valence-electron chi connectivity index (χ1n) is 10.3. The molecule has 1 amide bonds. The van der Waals surface area contributed by atoms with Gasteiger partial charge in [0.05, 0.1) is 18.0 Å². The molecule has 0 aliphatic heterocycles. The molecule has 164 valence electrons. The lowest BCUT2D eigenvalue weighted by molar-refractivity contribution is -0.116. The zero-order valence-corrected chi connectivity index (χ0v) is 19.2. The van der Waals surface area contributed by atoms with Gasteiger partial charge < -0.3 is 14.5 Å². The highest BCUT2D eigenvalue weighted by molar-refractivity contribution is 7.17. The molecule has 3 rings (SSSR count). The average molecular weight is 442 g/mol. The van der Waals surface area contributed by atoms with Crippen molar-refractivity contribution in [3.05, 3.63) is 52.5 Å². The van der Waals surface area contributed by atoms with Gasteiger partial charge in [-0.15, -0.1) is 0 Å². The third-order valence-electron chi connectivity index (χ3n) is 4.55. The van der Waals surface area contributed by atoms with Gasteiger partial charge in [0, 0.05) is 18.4 Å². The molecule has 0 spiro atoms. The molecule has 0 aliphatic rings. The number of aromatic nitrogens is 2. The number of hydrogen-bond acceptors (Lipinski definition) is 7. The Hall–Kier alpha value is -3.00. The molecule has 31 heavy (non-hydrogen) atoms. The van der Waals surface area contributed by atoms with Crippen LogP contribution in [0, 0.1) is 6.92 Å². The second-order valence-electron chi connectivity index (χ2n) is 7.83. The second-order valence-corrected chi connectivity index (χ2v) is 8.83. The van der Waals surface area contributed by atoms with Crippen LogP contribution in [0.25, 0.3) is 11.3 Å². The number of amides is 1. The van der Waals surface area contributed by atoms with Gasteiger partial charge in [-0.3, -0.25) is 4.79 Å². The standard InChI is InChI=1S/C23H27N3O4S/c1-13(2)16-6-8-17(9-7-16)18-12-24-20(30-18)11-10-19(27)26-23-25-15(5)21(31-23)22(28)29-14(3)4/h6-9,12-14H,10-11H2,1-5H3,(H,25,26,27). The fraction of sp³-hybridized carbons (Fsp3) is 0.391. The van der Waals surface area contributed by atoms with Crippen molar-refractivity contribution < 1.29 is 18.7 Å². The average Bonchev–Trinajstić information content (AvgIpc) is 3.32. The van der Waals surface area contributed by atoms with Crippen molar-refractivity contribution in [3.63, 3.8) is 0 Å². The van der Waals surface area contributed by atoms with Crippen LogP contribution in [0.5, 0.6) is 0 Å². The molecule has 0 bridgehead atoms. The minimum absolute atomic E-state index is 0.191. The van der Waals surface area contributed by atoms with E-state index in [9.17, 15) is 9.59 Å². The van der Waals surface area contributed by atoms with E-state index in [2.05, 4.69) is 41.3 Å². The first-order chi connectivity index (χ1) is 14.7. The molecule has 0 unspecified atom stereocenters. The fourth-order valence-electron chi connectivity index (χ4n) is 2.90. The zero-order chi connectivity index (χ0) is 22.5. The van der Waals surface area contributed by atoms with Crippen LogP contribution in [-0.2, 0) is 16.0 Å². The maximum atomic E-state index is 12.3. The number of hydrogen-bond donors (Lipinski definition) is 1. The molecule has 0 atom stereocenters. The molecule has 0 saturated carbocycles. The Morgan fingerprint density at radius 3 is 2.52 bits per heavy atom. The quantitative estimate of drug-likeness (QED) is 0.473. The Bertz CT molecular complexity index is 1050. The number of carbonyl (C=O) groups is 2. The van der Waals surface area contributed by atoms with Crippen LogP contribution in [0.15, 0.2) is 34.9 Å². The van der Waals surface area contributed by atoms with Gasteiger partial charge in [0.1, 0.15) is 4.88 Å². The number of oxazole rings is 1. The number of aryl methyl sites for hydroxylation is 2. The van der Waals surface area contributed by atoms with E-state index < -0.39 is 5.97 Å². The number of anilines is 1. The van der Waals surface area contributed by atoms with Gasteiger partial charge in [-0.2, -0.15) is 0 Å². The summed E-state index contributed by atoms with van der Waals surface area (Å²) in [5, 5.41) is 3.10. The highest BCUT2D eigenvalue weighted by atomic mass is 32.1. The maximum Gasteiger partial charge on any atom is 0.350 e. The number of carbonyl (C=O) groups excluding carboxylic acids is 2. The fourth-order valence-corrected chi connectivity index (χ4v) is 3.77. The van der Waals surface area contributed by atoms with Crippen molar-refractivity contribution in [3.8, 4) is 11.3 Å². The predicted octanol–water partition coefficient (Wildman–Crippen LogP) is 5.37. The molecule has 0 aliphatic carbocycles. The summed E-state index contributed by atoms with van der Waals surface area (Å²) in [4.78, 5) is 33.3. The van der Waals surface area contributed by atoms with E-state index in [0.717, 1.165) is 16.9 Å². The third kappa shape index (κ3) is 6.01. The highest BCUT2D eigenvalue weighted by Gasteiger charge is 2.19. The van der Waals surface area contributed by atoms with Crippen LogP contribution in [0.4, 0.5) is 5.13 Å². The molecule has 1 aromatic carbocycles. The summed E-state index contributed by atoms with van der Waals surface area (Å²) in [5.41, 5.74) is 2.75. The SMILES string of the molecule is Cc1nc(NC(=O)CCc2ncc(-c3ccc(C(C)C)cc3)o2)sc1C(=O)OC(C)C. The Labute approximate surface area is 185 Å². The Morgan fingerprint density at radius 2 is 1.87 bits per heavy atom. The van der Waals surface area contributed by atoms with Crippen LogP contribution in [0.3, 0.4) is 0 Å². The summed E-state index contributed by atoms with van der Waals surface area (Å²) in [6.07, 6.45) is 2.01. The Balaban J connectivity index is 1.55. The van der Waals surface area contributed by atoms with Gasteiger partial charge >= 0.3 is 5.97 Å². The minimum atomic E-state index is -0.431. The Kier molecular flexibility index (Phi) is 7.22. The highest BCUT2D eigenvalue weighted by Crippen LogP contribution is 2.25. The molecule has 3 aromatic rings. The number of esters is 1. The summed E-state index contributed by atoms with van der Waals surface area (Å²) >= 11 is 1.11. The van der Waals surface area contributed by atoms with Gasteiger partial charge in [0.15, 0.2) is 16.8 Å². The summed E-state index contributed by atoms with van der Waals surface area (Å²) < 4.78 is 11.0. The Morgan fingerprint density at radius 1 is 1.16 bits per heavy atom. The van der Waals surface area contributed by atoms with Gasteiger partial charge in [0.25, 0.3) is 0 Å². The first-order valence-corrected chi connectivity index (χ1v) is 11.1. The molecule has 2 heterocycles. The zero-order valence-electron chi connectivity index (χ0n) is 18.4. The molecule has 2 aromatic heterocycles. The van der Waals surface area contributed by atoms with Crippen molar-refractivity contribution in [1.82, 2.24) is 9.97 Å². The molecule has 1 N–H and O–H groups in total. The van der Waals surface area contributed by atoms with Crippen LogP contribution in [0.2, 0.25) is 0 Å². The summed E-state index contributed by atoms with van der Waals surface area (Å²) in [7, 11) is 0. The van der Waals surface area contributed by atoms with Gasteiger partial charge in [-0.1, -0.05) is 49.4 Å².